The van der Waals surface area contributed by atoms with E-state index in [1.54, 1.807) is 0 Å². The van der Waals surface area contributed by atoms with E-state index in [4.69, 9.17) is 21.0 Å². The summed E-state index contributed by atoms with van der Waals surface area (Å²) in [6.45, 7) is 6.03. The lowest BCUT2D eigenvalue weighted by Crippen LogP contribution is -2.39. The minimum Gasteiger partial charge on any atom is -0.394 e. The van der Waals surface area contributed by atoms with Crippen molar-refractivity contribution >= 4 is 11.7 Å². The zero-order chi connectivity index (χ0) is 15.4. The number of amidine groups is 1. The molecule has 0 saturated carbocycles. The highest BCUT2D eigenvalue weighted by Gasteiger charge is 2.24. The second kappa shape index (κ2) is 6.87. The number of aliphatic hydroxyl groups is 1. The predicted octanol–water partition coefficient (Wildman–Crippen LogP) is 0.960. The van der Waals surface area contributed by atoms with Crippen molar-refractivity contribution in [3.63, 3.8) is 0 Å². The van der Waals surface area contributed by atoms with E-state index in [9.17, 15) is 0 Å². The summed E-state index contributed by atoms with van der Waals surface area (Å²) in [4.78, 5) is 6.77. The number of piperidine rings is 1. The van der Waals surface area contributed by atoms with Crippen molar-refractivity contribution in [2.45, 2.75) is 32.8 Å². The van der Waals surface area contributed by atoms with Gasteiger partial charge in [-0.1, -0.05) is 0 Å². The molecule has 0 aliphatic carbocycles. The van der Waals surface area contributed by atoms with Crippen LogP contribution in [0.5, 0.6) is 0 Å². The van der Waals surface area contributed by atoms with Crippen LogP contribution in [0.2, 0.25) is 0 Å². The molecule has 0 spiro atoms. The van der Waals surface area contributed by atoms with Crippen LogP contribution in [0.15, 0.2) is 6.07 Å². The maximum absolute atomic E-state index is 8.80. The molecule has 1 saturated heterocycles. The van der Waals surface area contributed by atoms with Crippen molar-refractivity contribution in [1.29, 1.82) is 5.41 Å². The Balaban J connectivity index is 2.14. The first-order chi connectivity index (χ1) is 10.0. The number of nitrogen functional groups attached to an aromatic ring is 1. The lowest BCUT2D eigenvalue weighted by Gasteiger charge is -2.34. The van der Waals surface area contributed by atoms with Crippen LogP contribution in [0.1, 0.15) is 29.7 Å². The summed E-state index contributed by atoms with van der Waals surface area (Å²) in [6.07, 6.45) is 1.98. The van der Waals surface area contributed by atoms with Crippen molar-refractivity contribution < 1.29 is 9.84 Å². The third-order valence-electron chi connectivity index (χ3n) is 3.78. The number of pyridine rings is 1. The van der Waals surface area contributed by atoms with E-state index < -0.39 is 0 Å². The number of hydrogen-bond donors (Lipinski definition) is 3. The average molecular weight is 292 g/mol. The molecule has 1 aliphatic rings. The molecule has 0 radical (unpaired) electrons. The van der Waals surface area contributed by atoms with Crippen molar-refractivity contribution in [1.82, 2.24) is 4.98 Å². The fraction of sp³-hybridized carbons (Fsp3) is 0.600. The zero-order valence-electron chi connectivity index (χ0n) is 12.7. The van der Waals surface area contributed by atoms with Crippen LogP contribution in [0, 0.1) is 19.3 Å². The Kier molecular flexibility index (Phi) is 5.14. The lowest BCUT2D eigenvalue weighted by molar-refractivity contribution is 0.0158. The Morgan fingerprint density at radius 2 is 2.14 bits per heavy atom. The smallest absolute Gasteiger partial charge is 0.140 e. The predicted molar refractivity (Wildman–Crippen MR) is 83.0 cm³/mol. The van der Waals surface area contributed by atoms with Gasteiger partial charge in [0, 0.05) is 18.8 Å². The molecular weight excluding hydrogens is 268 g/mol. The largest absolute Gasteiger partial charge is 0.394 e. The van der Waals surface area contributed by atoms with Crippen molar-refractivity contribution in [3.05, 3.63) is 22.9 Å². The van der Waals surface area contributed by atoms with Gasteiger partial charge in [-0.15, -0.1) is 0 Å². The van der Waals surface area contributed by atoms with E-state index in [1.165, 1.54) is 0 Å². The Labute approximate surface area is 125 Å². The van der Waals surface area contributed by atoms with E-state index in [0.717, 1.165) is 48.6 Å². The Morgan fingerprint density at radius 3 is 2.71 bits per heavy atom. The van der Waals surface area contributed by atoms with Gasteiger partial charge in [-0.3, -0.25) is 5.41 Å². The molecule has 2 rings (SSSR count). The minimum absolute atomic E-state index is 0.0628. The number of nitrogens with zero attached hydrogens (tertiary/aromatic N) is 2. The Morgan fingerprint density at radius 1 is 1.48 bits per heavy atom. The molecule has 1 aliphatic heterocycles. The second-order valence-corrected chi connectivity index (χ2v) is 5.47. The number of anilines is 1. The molecule has 1 aromatic heterocycles. The highest BCUT2D eigenvalue weighted by atomic mass is 16.5. The summed E-state index contributed by atoms with van der Waals surface area (Å²) in [5.41, 5.74) is 8.39. The molecule has 4 N–H and O–H groups in total. The first kappa shape index (κ1) is 15.7. The molecule has 1 fully saturated rings. The molecule has 2 heterocycles. The maximum atomic E-state index is 8.80. The van der Waals surface area contributed by atoms with Crippen LogP contribution in [0.25, 0.3) is 0 Å². The number of aliphatic hydroxyl groups excluding tert-OH is 1. The Hall–Kier alpha value is -1.66. The number of ether oxygens (including phenoxy) is 1. The highest BCUT2D eigenvalue weighted by molar-refractivity contribution is 6.01. The lowest BCUT2D eigenvalue weighted by atomic mass is 10.0. The normalized spacial score (nSPS) is 16.2. The second-order valence-electron chi connectivity index (χ2n) is 5.47. The third-order valence-corrected chi connectivity index (χ3v) is 3.78. The van der Waals surface area contributed by atoms with Gasteiger partial charge in [0.15, 0.2) is 0 Å². The fourth-order valence-corrected chi connectivity index (χ4v) is 2.83. The number of aryl methyl sites for hydroxylation is 2. The molecule has 0 unspecified atom stereocenters. The minimum atomic E-state index is 0.0628. The van der Waals surface area contributed by atoms with Crippen molar-refractivity contribution in [2.75, 3.05) is 31.2 Å². The SMILES string of the molecule is Cc1cc(C)c(C(=N)N)c(N2CCC(OCCO)CC2)n1. The van der Waals surface area contributed by atoms with Crippen LogP contribution in [-0.2, 0) is 4.74 Å². The number of aromatic nitrogens is 1. The molecule has 6 heteroatoms. The molecular formula is C15H24N4O2. The first-order valence-electron chi connectivity index (χ1n) is 7.33. The summed E-state index contributed by atoms with van der Waals surface area (Å²) in [6, 6.07) is 1.96. The summed E-state index contributed by atoms with van der Waals surface area (Å²) >= 11 is 0. The summed E-state index contributed by atoms with van der Waals surface area (Å²) < 4.78 is 5.58. The topological polar surface area (TPSA) is 95.5 Å². The van der Waals surface area contributed by atoms with E-state index in [0.29, 0.717) is 6.61 Å². The molecule has 21 heavy (non-hydrogen) atoms. The quantitative estimate of drug-likeness (QED) is 0.555. The van der Waals surface area contributed by atoms with Gasteiger partial charge in [0.25, 0.3) is 0 Å². The molecule has 6 nitrogen and oxygen atoms in total. The zero-order valence-corrected chi connectivity index (χ0v) is 12.7. The molecule has 0 bridgehead atoms. The molecule has 0 aromatic carbocycles. The van der Waals surface area contributed by atoms with E-state index >= 15 is 0 Å². The highest BCUT2D eigenvalue weighted by Crippen LogP contribution is 2.26. The van der Waals surface area contributed by atoms with Gasteiger partial charge in [0.2, 0.25) is 0 Å². The number of nitrogens with two attached hydrogens (primary N) is 1. The average Bonchev–Trinajstić information content (AvgIpc) is 2.44. The summed E-state index contributed by atoms with van der Waals surface area (Å²) in [5, 5.41) is 16.6. The monoisotopic (exact) mass is 292 g/mol. The molecule has 0 atom stereocenters. The van der Waals surface area contributed by atoms with E-state index in [1.807, 2.05) is 19.9 Å². The number of hydrogen-bond acceptors (Lipinski definition) is 5. The van der Waals surface area contributed by atoms with Crippen molar-refractivity contribution in [2.24, 2.45) is 5.73 Å². The van der Waals surface area contributed by atoms with Gasteiger partial charge in [-0.2, -0.15) is 0 Å². The fourth-order valence-electron chi connectivity index (χ4n) is 2.83. The van der Waals surface area contributed by atoms with Crippen molar-refractivity contribution in [3.8, 4) is 0 Å². The van der Waals surface area contributed by atoms with Crippen LogP contribution in [0.3, 0.4) is 0 Å². The van der Waals surface area contributed by atoms with Crippen LogP contribution in [-0.4, -0.2) is 48.3 Å². The molecule has 1 aromatic rings. The van der Waals surface area contributed by atoms with E-state index in [-0.39, 0.29) is 18.5 Å². The number of rotatable bonds is 5. The first-order valence-corrected chi connectivity index (χ1v) is 7.33. The Bertz CT molecular complexity index is 511. The van der Waals surface area contributed by atoms with Gasteiger partial charge >= 0.3 is 0 Å². The number of nitrogens with one attached hydrogen (secondary N) is 1. The standard InChI is InChI=1S/C15H24N4O2/c1-10-9-11(2)18-15(13(10)14(16)17)19-5-3-12(4-6-19)21-8-7-20/h9,12,20H,3-8H2,1-2H3,(H3,16,17). The van der Waals surface area contributed by atoms with Crippen LogP contribution in [0.4, 0.5) is 5.82 Å². The van der Waals surface area contributed by atoms with Crippen LogP contribution < -0.4 is 10.6 Å². The summed E-state index contributed by atoms with van der Waals surface area (Å²) in [7, 11) is 0. The molecule has 0 amide bonds. The van der Waals surface area contributed by atoms with E-state index in [2.05, 4.69) is 9.88 Å². The molecule has 116 valence electrons. The third kappa shape index (κ3) is 3.71. The van der Waals surface area contributed by atoms with Gasteiger partial charge in [0.05, 0.1) is 24.9 Å². The maximum Gasteiger partial charge on any atom is 0.140 e. The van der Waals surface area contributed by atoms with Gasteiger partial charge in [-0.05, 0) is 38.3 Å². The summed E-state index contributed by atoms with van der Waals surface area (Å²) in [5.74, 6) is 0.870. The van der Waals surface area contributed by atoms with Crippen LogP contribution >= 0.6 is 0 Å². The van der Waals surface area contributed by atoms with Gasteiger partial charge in [0.1, 0.15) is 11.7 Å². The van der Waals surface area contributed by atoms with Gasteiger partial charge in [-0.25, -0.2) is 4.98 Å². The van der Waals surface area contributed by atoms with Gasteiger partial charge < -0.3 is 20.5 Å².